The Bertz CT molecular complexity index is 135. The van der Waals surface area contributed by atoms with Crippen molar-refractivity contribution in [3.63, 3.8) is 0 Å². The molecule has 0 fully saturated rings. The summed E-state index contributed by atoms with van der Waals surface area (Å²) in [6.07, 6.45) is 2.09. The highest BCUT2D eigenvalue weighted by molar-refractivity contribution is 6.12. The van der Waals surface area contributed by atoms with Gasteiger partial charge >= 0.3 is 0 Å². The molecule has 0 bridgehead atoms. The van der Waals surface area contributed by atoms with Crippen molar-refractivity contribution in [2.75, 3.05) is 0 Å². The van der Waals surface area contributed by atoms with E-state index in [4.69, 9.17) is 12.6 Å². The predicted octanol–water partition coefficient (Wildman–Crippen LogP) is 1.14. The maximum atomic E-state index is 12.4. The largest absolute Gasteiger partial charge is 0.374 e. The average molecular weight is 126 g/mol. The zero-order valence-corrected chi connectivity index (χ0v) is 5.30. The van der Waals surface area contributed by atoms with Crippen LogP contribution in [-0.2, 0) is 4.74 Å². The monoisotopic (exact) mass is 126 g/mol. The minimum Gasteiger partial charge on any atom is -0.374 e. The van der Waals surface area contributed by atoms with Gasteiger partial charge in [-0.25, -0.2) is 4.39 Å². The summed E-state index contributed by atoms with van der Waals surface area (Å²) in [5.41, 5.74) is 0. The Kier molecular flexibility index (Phi) is 1.91. The second-order valence-corrected chi connectivity index (χ2v) is 2.05. The van der Waals surface area contributed by atoms with Crippen molar-refractivity contribution < 1.29 is 9.13 Å². The van der Waals surface area contributed by atoms with Crippen LogP contribution in [0.4, 0.5) is 4.39 Å². The highest BCUT2D eigenvalue weighted by Crippen LogP contribution is 2.19. The van der Waals surface area contributed by atoms with E-state index in [0.29, 0.717) is 0 Å². The number of hydrogen-bond donors (Lipinski definition) is 0. The number of halogens is 1. The topological polar surface area (TPSA) is 9.23 Å². The predicted molar refractivity (Wildman–Crippen MR) is 33.9 cm³/mol. The number of hydrogen-bond acceptors (Lipinski definition) is 1. The quantitative estimate of drug-likeness (QED) is 0.478. The summed E-state index contributed by atoms with van der Waals surface area (Å²) in [6.45, 7) is 1.92. The van der Waals surface area contributed by atoms with Gasteiger partial charge in [0.15, 0.2) is 0 Å². The highest BCUT2D eigenvalue weighted by atomic mass is 19.1. The zero-order chi connectivity index (χ0) is 6.85. The molecular formula is C6H8BFO. The molecule has 0 aliphatic carbocycles. The van der Waals surface area contributed by atoms with E-state index in [9.17, 15) is 4.39 Å². The fourth-order valence-electron chi connectivity index (χ4n) is 0.779. The van der Waals surface area contributed by atoms with Gasteiger partial charge in [0, 0.05) is 0 Å². The molecule has 0 saturated heterocycles. The molecule has 0 aromatic heterocycles. The van der Waals surface area contributed by atoms with Gasteiger partial charge in [-0.2, -0.15) is 0 Å². The van der Waals surface area contributed by atoms with E-state index in [-0.39, 0.29) is 11.9 Å². The number of ether oxygens (including phenoxy) is 1. The van der Waals surface area contributed by atoms with Gasteiger partial charge in [0.25, 0.3) is 0 Å². The first kappa shape index (κ1) is 6.81. The van der Waals surface area contributed by atoms with Gasteiger partial charge in [-0.15, -0.1) is 0 Å². The Labute approximate surface area is 55.3 Å². The van der Waals surface area contributed by atoms with Crippen molar-refractivity contribution in [3.05, 3.63) is 11.9 Å². The molecule has 0 spiro atoms. The van der Waals surface area contributed by atoms with Crippen molar-refractivity contribution in [3.8, 4) is 0 Å². The molecule has 0 amide bonds. The molecule has 2 atom stereocenters. The molecule has 2 radical (unpaired) electrons. The molecule has 0 aromatic carbocycles. The van der Waals surface area contributed by atoms with E-state index < -0.39 is 6.00 Å². The summed E-state index contributed by atoms with van der Waals surface area (Å²) in [5, 5.41) is 0. The number of rotatable bonds is 1. The van der Waals surface area contributed by atoms with Gasteiger partial charge < -0.3 is 4.74 Å². The lowest BCUT2D eigenvalue weighted by molar-refractivity contribution is 0.0919. The molecule has 1 rings (SSSR count). The van der Waals surface area contributed by atoms with Crippen molar-refractivity contribution in [2.24, 2.45) is 0 Å². The van der Waals surface area contributed by atoms with Crippen molar-refractivity contribution in [1.29, 1.82) is 0 Å². The SMILES string of the molecule is [B][C@H]1O[C@@H](CC)C=C1F. The van der Waals surface area contributed by atoms with E-state index in [0.717, 1.165) is 6.42 Å². The van der Waals surface area contributed by atoms with Crippen molar-refractivity contribution >= 4 is 7.85 Å². The normalized spacial score (nSPS) is 34.7. The van der Waals surface area contributed by atoms with E-state index in [1.54, 1.807) is 0 Å². The zero-order valence-electron chi connectivity index (χ0n) is 5.30. The van der Waals surface area contributed by atoms with Crippen LogP contribution in [-0.4, -0.2) is 20.0 Å². The third-order valence-electron chi connectivity index (χ3n) is 1.34. The van der Waals surface area contributed by atoms with Gasteiger partial charge in [0.2, 0.25) is 0 Å². The smallest absolute Gasteiger partial charge is 0.118 e. The molecule has 3 heteroatoms. The van der Waals surface area contributed by atoms with Crippen LogP contribution in [0, 0.1) is 0 Å². The average Bonchev–Trinajstić information content (AvgIpc) is 2.13. The maximum Gasteiger partial charge on any atom is 0.118 e. The fraction of sp³-hybridized carbons (Fsp3) is 0.667. The first-order valence-electron chi connectivity index (χ1n) is 3.02. The molecule has 48 valence electrons. The molecule has 0 N–H and O–H groups in total. The lowest BCUT2D eigenvalue weighted by Crippen LogP contribution is -2.11. The van der Waals surface area contributed by atoms with E-state index in [1.165, 1.54) is 6.08 Å². The second kappa shape index (κ2) is 2.52. The summed E-state index contributed by atoms with van der Waals surface area (Å²) in [4.78, 5) is 0. The summed E-state index contributed by atoms with van der Waals surface area (Å²) < 4.78 is 17.3. The summed E-state index contributed by atoms with van der Waals surface area (Å²) in [5.74, 6) is -0.346. The van der Waals surface area contributed by atoms with Crippen LogP contribution < -0.4 is 0 Å². The van der Waals surface area contributed by atoms with E-state index in [1.807, 2.05) is 6.92 Å². The Morgan fingerprint density at radius 1 is 1.89 bits per heavy atom. The molecular weight excluding hydrogens is 118 g/mol. The van der Waals surface area contributed by atoms with Crippen LogP contribution in [0.5, 0.6) is 0 Å². The first-order valence-corrected chi connectivity index (χ1v) is 3.02. The molecule has 1 aliphatic heterocycles. The van der Waals surface area contributed by atoms with Crippen molar-refractivity contribution in [1.82, 2.24) is 0 Å². The molecule has 0 unspecified atom stereocenters. The van der Waals surface area contributed by atoms with Gasteiger partial charge in [-0.05, 0) is 12.5 Å². The van der Waals surface area contributed by atoms with Gasteiger partial charge in [0.1, 0.15) is 13.7 Å². The molecule has 0 saturated carbocycles. The standard InChI is InChI=1S/C6H8BFO/c1-2-4-3-5(8)6(7)9-4/h3-4,6H,2H2,1H3/t4-,6-/m0/s1. The van der Waals surface area contributed by atoms with Crippen LogP contribution in [0.3, 0.4) is 0 Å². The van der Waals surface area contributed by atoms with Gasteiger partial charge in [0.05, 0.1) is 12.1 Å². The Morgan fingerprint density at radius 2 is 2.56 bits per heavy atom. The third-order valence-corrected chi connectivity index (χ3v) is 1.34. The molecule has 1 nitrogen and oxygen atoms in total. The Hall–Kier alpha value is -0.305. The molecule has 1 aliphatic rings. The second-order valence-electron chi connectivity index (χ2n) is 2.05. The molecule has 9 heavy (non-hydrogen) atoms. The lowest BCUT2D eigenvalue weighted by Gasteiger charge is -2.06. The van der Waals surface area contributed by atoms with E-state index in [2.05, 4.69) is 0 Å². The minimum absolute atomic E-state index is 0.111. The third kappa shape index (κ3) is 1.33. The van der Waals surface area contributed by atoms with Crippen LogP contribution >= 0.6 is 0 Å². The first-order chi connectivity index (χ1) is 4.24. The van der Waals surface area contributed by atoms with Crippen LogP contribution in [0.1, 0.15) is 13.3 Å². The Balaban J connectivity index is 2.52. The summed E-state index contributed by atoms with van der Waals surface area (Å²) in [6, 6.07) is -0.810. The molecule has 1 heterocycles. The Morgan fingerprint density at radius 3 is 2.78 bits per heavy atom. The lowest BCUT2D eigenvalue weighted by atomic mass is 10.0. The fourth-order valence-corrected chi connectivity index (χ4v) is 0.779. The summed E-state index contributed by atoms with van der Waals surface area (Å²) in [7, 11) is 5.18. The van der Waals surface area contributed by atoms with Crippen LogP contribution in [0.25, 0.3) is 0 Å². The van der Waals surface area contributed by atoms with Crippen LogP contribution in [0.2, 0.25) is 0 Å². The maximum absolute atomic E-state index is 12.4. The highest BCUT2D eigenvalue weighted by Gasteiger charge is 2.20. The minimum atomic E-state index is -0.810. The van der Waals surface area contributed by atoms with Crippen LogP contribution in [0.15, 0.2) is 11.9 Å². The van der Waals surface area contributed by atoms with E-state index >= 15 is 0 Å². The van der Waals surface area contributed by atoms with Gasteiger partial charge in [-0.1, -0.05) is 6.92 Å². The molecule has 0 aromatic rings. The summed E-state index contributed by atoms with van der Waals surface area (Å²) >= 11 is 0. The van der Waals surface area contributed by atoms with Gasteiger partial charge in [-0.3, -0.25) is 0 Å². The van der Waals surface area contributed by atoms with Crippen molar-refractivity contribution in [2.45, 2.75) is 25.5 Å².